The largest absolute Gasteiger partial charge is 0.409 e. The average Bonchev–Trinajstić information content (AvgIpc) is 3.01. The van der Waals surface area contributed by atoms with Crippen LogP contribution in [-0.4, -0.2) is 29.0 Å². The molecule has 0 amide bonds. The van der Waals surface area contributed by atoms with Gasteiger partial charge < -0.3 is 10.9 Å². The number of halogens is 1. The maximum absolute atomic E-state index is 8.68. The van der Waals surface area contributed by atoms with Gasteiger partial charge in [-0.15, -0.1) is 0 Å². The highest BCUT2D eigenvalue weighted by Gasteiger charge is 2.35. The summed E-state index contributed by atoms with van der Waals surface area (Å²) in [7, 11) is 0. The Morgan fingerprint density at radius 3 is 2.65 bits per heavy atom. The first kappa shape index (κ1) is 13.7. The third-order valence-corrected chi connectivity index (χ3v) is 5.00. The molecule has 1 aromatic carbocycles. The number of benzene rings is 1. The second kappa shape index (κ2) is 5.62. The summed E-state index contributed by atoms with van der Waals surface area (Å²) in [5, 5.41) is 12.4. The molecular formula is C15H20ClN3O. The molecule has 0 bridgehead atoms. The van der Waals surface area contributed by atoms with Gasteiger partial charge >= 0.3 is 0 Å². The summed E-state index contributed by atoms with van der Waals surface area (Å²) in [6, 6.07) is 5.60. The van der Waals surface area contributed by atoms with E-state index in [0.29, 0.717) is 10.6 Å². The molecule has 20 heavy (non-hydrogen) atoms. The first-order chi connectivity index (χ1) is 9.67. The van der Waals surface area contributed by atoms with E-state index >= 15 is 0 Å². The van der Waals surface area contributed by atoms with Crippen LogP contribution in [0.15, 0.2) is 23.4 Å². The van der Waals surface area contributed by atoms with Crippen LogP contribution in [0.5, 0.6) is 0 Å². The lowest BCUT2D eigenvalue weighted by Crippen LogP contribution is -2.21. The van der Waals surface area contributed by atoms with Crippen LogP contribution in [0.1, 0.15) is 30.4 Å². The lowest BCUT2D eigenvalue weighted by atomic mass is 10.0. The van der Waals surface area contributed by atoms with Crippen LogP contribution in [-0.2, 0) is 6.54 Å². The molecule has 2 unspecified atom stereocenters. The smallest absolute Gasteiger partial charge is 0.170 e. The summed E-state index contributed by atoms with van der Waals surface area (Å²) >= 11 is 6.31. The zero-order valence-corrected chi connectivity index (χ0v) is 12.2. The van der Waals surface area contributed by atoms with Crippen LogP contribution >= 0.6 is 11.6 Å². The van der Waals surface area contributed by atoms with Gasteiger partial charge in [0.25, 0.3) is 0 Å². The second-order valence-corrected chi connectivity index (χ2v) is 6.34. The molecule has 1 saturated heterocycles. The van der Waals surface area contributed by atoms with Gasteiger partial charge in [0.05, 0.1) is 0 Å². The van der Waals surface area contributed by atoms with Crippen molar-refractivity contribution in [2.24, 2.45) is 22.7 Å². The predicted molar refractivity (Wildman–Crippen MR) is 80.1 cm³/mol. The summed E-state index contributed by atoms with van der Waals surface area (Å²) in [6.07, 6.45) is 4.17. The Morgan fingerprint density at radius 1 is 1.35 bits per heavy atom. The zero-order valence-electron chi connectivity index (χ0n) is 11.4. The Hall–Kier alpha value is -1.26. The Bertz CT molecular complexity index is 520. The van der Waals surface area contributed by atoms with Crippen LogP contribution in [0, 0.1) is 11.8 Å². The van der Waals surface area contributed by atoms with E-state index in [2.05, 4.69) is 10.1 Å². The third kappa shape index (κ3) is 2.63. The number of rotatable bonds is 3. The molecule has 2 fully saturated rings. The molecule has 2 aliphatic rings. The highest BCUT2D eigenvalue weighted by Crippen LogP contribution is 2.38. The third-order valence-electron chi connectivity index (χ3n) is 4.65. The van der Waals surface area contributed by atoms with E-state index < -0.39 is 0 Å². The van der Waals surface area contributed by atoms with Crippen molar-refractivity contribution >= 4 is 17.4 Å². The summed E-state index contributed by atoms with van der Waals surface area (Å²) in [4.78, 5) is 2.50. The fraction of sp³-hybridized carbons (Fsp3) is 0.533. The number of likely N-dealkylation sites (tertiary alicyclic amines) is 1. The molecule has 3 rings (SSSR count). The van der Waals surface area contributed by atoms with E-state index in [4.69, 9.17) is 22.5 Å². The predicted octanol–water partition coefficient (Wildman–Crippen LogP) is 2.67. The lowest BCUT2D eigenvalue weighted by molar-refractivity contribution is 0.303. The normalized spacial score (nSPS) is 26.9. The molecule has 0 spiro atoms. The van der Waals surface area contributed by atoms with Crippen molar-refractivity contribution in [3.63, 3.8) is 0 Å². The monoisotopic (exact) mass is 293 g/mol. The molecule has 1 aliphatic carbocycles. The Labute approximate surface area is 124 Å². The van der Waals surface area contributed by atoms with Crippen LogP contribution in [0.25, 0.3) is 0 Å². The maximum Gasteiger partial charge on any atom is 0.170 e. The van der Waals surface area contributed by atoms with Crippen LogP contribution < -0.4 is 5.73 Å². The number of oxime groups is 1. The van der Waals surface area contributed by atoms with Crippen molar-refractivity contribution in [2.45, 2.75) is 25.8 Å². The van der Waals surface area contributed by atoms with Gasteiger partial charge in [0.2, 0.25) is 0 Å². The van der Waals surface area contributed by atoms with E-state index in [1.54, 1.807) is 6.07 Å². The second-order valence-electron chi connectivity index (χ2n) is 5.94. The van der Waals surface area contributed by atoms with Crippen molar-refractivity contribution in [2.75, 3.05) is 13.1 Å². The highest BCUT2D eigenvalue weighted by atomic mass is 35.5. The minimum Gasteiger partial charge on any atom is -0.409 e. The molecule has 4 nitrogen and oxygen atoms in total. The first-order valence-electron chi connectivity index (χ1n) is 7.16. The summed E-state index contributed by atoms with van der Waals surface area (Å²) < 4.78 is 0. The van der Waals surface area contributed by atoms with Gasteiger partial charge in [-0.2, -0.15) is 0 Å². The molecule has 108 valence electrons. The van der Waals surface area contributed by atoms with Gasteiger partial charge in [-0.3, -0.25) is 4.90 Å². The minimum absolute atomic E-state index is 0.0918. The summed E-state index contributed by atoms with van der Waals surface area (Å²) in [5.41, 5.74) is 7.33. The van der Waals surface area contributed by atoms with Gasteiger partial charge in [-0.05, 0) is 36.3 Å². The van der Waals surface area contributed by atoms with E-state index in [9.17, 15) is 0 Å². The average molecular weight is 294 g/mol. The Morgan fingerprint density at radius 2 is 2.05 bits per heavy atom. The summed E-state index contributed by atoms with van der Waals surface area (Å²) in [6.45, 7) is 3.29. The molecule has 2 atom stereocenters. The van der Waals surface area contributed by atoms with Gasteiger partial charge in [-0.1, -0.05) is 35.3 Å². The standard InChI is InChI=1S/C15H20ClN3O/c16-14-6-10(15(17)18-20)4-5-13(14)9-19-7-11-2-1-3-12(11)8-19/h4-6,11-12,20H,1-3,7-9H2,(H2,17,18). The van der Waals surface area contributed by atoms with Crippen molar-refractivity contribution in [3.8, 4) is 0 Å². The van der Waals surface area contributed by atoms with Crippen LogP contribution in [0.3, 0.4) is 0 Å². The lowest BCUT2D eigenvalue weighted by Gasteiger charge is -2.18. The summed E-state index contributed by atoms with van der Waals surface area (Å²) in [5.74, 6) is 1.88. The SMILES string of the molecule is N/C(=N/O)c1ccc(CN2CC3CCCC3C2)c(Cl)c1. The number of hydrogen-bond donors (Lipinski definition) is 2. The molecule has 1 aromatic rings. The Kier molecular flexibility index (Phi) is 3.85. The van der Waals surface area contributed by atoms with Crippen molar-refractivity contribution in [3.05, 3.63) is 34.3 Å². The Balaban J connectivity index is 1.69. The fourth-order valence-corrected chi connectivity index (χ4v) is 3.84. The number of nitrogens with zero attached hydrogens (tertiary/aromatic N) is 2. The molecule has 0 aromatic heterocycles. The van der Waals surface area contributed by atoms with Gasteiger partial charge in [0.15, 0.2) is 5.84 Å². The number of amidine groups is 1. The molecular weight excluding hydrogens is 274 g/mol. The van der Waals surface area contributed by atoms with Crippen molar-refractivity contribution < 1.29 is 5.21 Å². The van der Waals surface area contributed by atoms with E-state index in [1.165, 1.54) is 32.4 Å². The van der Waals surface area contributed by atoms with Gasteiger partial charge in [0.1, 0.15) is 0 Å². The van der Waals surface area contributed by atoms with Gasteiger partial charge in [0, 0.05) is 30.2 Å². The molecule has 1 aliphatic heterocycles. The zero-order chi connectivity index (χ0) is 14.1. The number of nitrogens with two attached hydrogens (primary N) is 1. The van der Waals surface area contributed by atoms with E-state index in [-0.39, 0.29) is 5.84 Å². The molecule has 0 radical (unpaired) electrons. The molecule has 1 heterocycles. The highest BCUT2D eigenvalue weighted by molar-refractivity contribution is 6.31. The van der Waals surface area contributed by atoms with Crippen molar-refractivity contribution in [1.82, 2.24) is 4.90 Å². The van der Waals surface area contributed by atoms with Crippen LogP contribution in [0.4, 0.5) is 0 Å². The van der Waals surface area contributed by atoms with Crippen molar-refractivity contribution in [1.29, 1.82) is 0 Å². The van der Waals surface area contributed by atoms with E-state index in [0.717, 1.165) is 23.9 Å². The number of fused-ring (bicyclic) bond motifs is 1. The molecule has 3 N–H and O–H groups in total. The molecule has 5 heteroatoms. The number of hydrogen-bond acceptors (Lipinski definition) is 3. The quantitative estimate of drug-likeness (QED) is 0.390. The van der Waals surface area contributed by atoms with E-state index in [1.807, 2.05) is 12.1 Å². The van der Waals surface area contributed by atoms with Gasteiger partial charge in [-0.25, -0.2) is 0 Å². The first-order valence-corrected chi connectivity index (χ1v) is 7.54. The molecule has 1 saturated carbocycles. The minimum atomic E-state index is 0.0918. The maximum atomic E-state index is 8.68. The topological polar surface area (TPSA) is 61.9 Å². The van der Waals surface area contributed by atoms with Crippen LogP contribution in [0.2, 0.25) is 5.02 Å². The fourth-order valence-electron chi connectivity index (χ4n) is 3.59.